The number of carbonyl (C=O) groups excluding carboxylic acids is 11. The first-order chi connectivity index (χ1) is 42.1. The standard InChI is InChI=1S/C66H120N12O13/c1-26-29-30-44(16)55(80)54-59(84)70-47(27-2)61(86)72(19)37-52(79)73(20)48(33-38(4)5)58(83)71-53(42(12)13)64(89)74(21)49(34-39(6)7)57(82)68-45(17)56(81)69-46(18)60(85)75(22)50(35-40(8)9)62(87)76(23)51(36-41(10)11)63(88)78(25)66(43(14)15,65(90)77(54)24)91-32-31-67-28-3/h26,29,38-51,53-55,67,80H,27-28,30-37H2,1-25H3,(H,68,82)(H,69,81)(H,70,84)(H,71,83)/b29-26+/t44-,45+,46-,47+,48+,49+,50+,51+,53+,54+,55-,66+/m1/s1. The van der Waals surface area contributed by atoms with Crippen molar-refractivity contribution in [3.63, 3.8) is 0 Å². The molecule has 11 amide bonds. The number of ether oxygens (including phenoxy) is 1. The SMILES string of the molecule is C/C=C/C[C@@H](C)[C@@H](O)[C@H]1C(=O)N[C@@H](CC)C(=O)N(C)CC(=O)N(C)[C@@H](CC(C)C)C(=O)N[C@@H](C(C)C)C(=O)N(C)[C@@H](CC(C)C)C(=O)N[C@@H](C)C(=O)N[C@H](C)C(=O)N(C)[C@@H](CC(C)C)C(=O)N(C)[C@@H](CC(C)C)C(=O)N(C)[C@](OCCNCC)(C(C)C)C(=O)N1C. The van der Waals surface area contributed by atoms with Crippen molar-refractivity contribution in [2.24, 2.45) is 41.4 Å². The second-order valence-electron chi connectivity index (χ2n) is 27.4. The molecule has 0 aromatic carbocycles. The van der Waals surface area contributed by atoms with Crippen LogP contribution in [0.3, 0.4) is 0 Å². The average Bonchev–Trinajstić information content (AvgIpc) is 0.773. The van der Waals surface area contributed by atoms with Crippen LogP contribution in [0.15, 0.2) is 12.2 Å². The summed E-state index contributed by atoms with van der Waals surface area (Å²) in [7, 11) is 9.80. The van der Waals surface area contributed by atoms with Gasteiger partial charge in [0, 0.05) is 61.8 Å². The molecular weight excluding hydrogens is 1170 g/mol. The summed E-state index contributed by atoms with van der Waals surface area (Å²) in [6, 6.07) is -11.5. The number of amides is 11. The van der Waals surface area contributed by atoms with Crippen LogP contribution in [0.4, 0.5) is 0 Å². The first-order valence-electron chi connectivity index (χ1n) is 32.9. The molecular formula is C66H120N12O13. The minimum Gasteiger partial charge on any atom is -0.390 e. The van der Waals surface area contributed by atoms with Crippen LogP contribution in [0, 0.1) is 41.4 Å². The van der Waals surface area contributed by atoms with Gasteiger partial charge in [-0.3, -0.25) is 52.7 Å². The van der Waals surface area contributed by atoms with Gasteiger partial charge in [-0.25, -0.2) is 0 Å². The molecule has 0 bridgehead atoms. The molecule has 0 saturated carbocycles. The third-order valence-electron chi connectivity index (χ3n) is 17.2. The fourth-order valence-electron chi connectivity index (χ4n) is 11.4. The van der Waals surface area contributed by atoms with E-state index in [2.05, 4.69) is 26.6 Å². The van der Waals surface area contributed by atoms with E-state index in [0.29, 0.717) is 6.54 Å². The van der Waals surface area contributed by atoms with E-state index in [1.54, 1.807) is 60.6 Å². The highest BCUT2D eigenvalue weighted by Gasteiger charge is 2.55. The Balaban J connectivity index is 4.55. The molecule has 0 radical (unpaired) electrons. The zero-order chi connectivity index (χ0) is 70.4. The van der Waals surface area contributed by atoms with Crippen molar-refractivity contribution in [2.45, 2.75) is 229 Å². The highest BCUT2D eigenvalue weighted by Crippen LogP contribution is 2.33. The molecule has 522 valence electrons. The molecule has 1 heterocycles. The number of hydrogen-bond acceptors (Lipinski definition) is 14. The number of rotatable bonds is 20. The van der Waals surface area contributed by atoms with Crippen LogP contribution in [0.1, 0.15) is 163 Å². The molecule has 0 aromatic heterocycles. The lowest BCUT2D eigenvalue weighted by Gasteiger charge is -2.48. The van der Waals surface area contributed by atoms with Gasteiger partial charge in [-0.05, 0) is 101 Å². The highest BCUT2D eigenvalue weighted by atomic mass is 16.5. The number of nitrogens with one attached hydrogen (secondary N) is 5. The van der Waals surface area contributed by atoms with Gasteiger partial charge in [0.25, 0.3) is 5.91 Å². The number of carbonyl (C=O) groups is 11. The van der Waals surface area contributed by atoms with E-state index in [4.69, 9.17) is 4.74 Å². The molecule has 1 aliphatic heterocycles. The van der Waals surface area contributed by atoms with Crippen molar-refractivity contribution in [1.82, 2.24) is 60.9 Å². The maximum absolute atomic E-state index is 16.0. The molecule has 91 heavy (non-hydrogen) atoms. The predicted octanol–water partition coefficient (Wildman–Crippen LogP) is 3.22. The van der Waals surface area contributed by atoms with Gasteiger partial charge >= 0.3 is 0 Å². The minimum absolute atomic E-state index is 0.0100. The molecule has 0 aliphatic carbocycles. The van der Waals surface area contributed by atoms with E-state index >= 15 is 19.2 Å². The summed E-state index contributed by atoms with van der Waals surface area (Å²) in [5.41, 5.74) is -2.23. The minimum atomic E-state index is -2.23. The summed E-state index contributed by atoms with van der Waals surface area (Å²) < 4.78 is 6.68. The van der Waals surface area contributed by atoms with Crippen molar-refractivity contribution in [3.05, 3.63) is 12.2 Å². The van der Waals surface area contributed by atoms with E-state index in [0.717, 1.165) is 14.7 Å². The van der Waals surface area contributed by atoms with Crippen LogP contribution < -0.4 is 26.6 Å². The lowest BCUT2D eigenvalue weighted by molar-refractivity contribution is -0.208. The highest BCUT2D eigenvalue weighted by molar-refractivity contribution is 6.00. The number of nitrogens with zero attached hydrogens (tertiary/aromatic N) is 7. The summed E-state index contributed by atoms with van der Waals surface area (Å²) in [4.78, 5) is 171. The van der Waals surface area contributed by atoms with Gasteiger partial charge < -0.3 is 70.7 Å². The monoisotopic (exact) mass is 1290 g/mol. The van der Waals surface area contributed by atoms with Crippen molar-refractivity contribution in [1.29, 1.82) is 0 Å². The van der Waals surface area contributed by atoms with E-state index in [-0.39, 0.29) is 75.3 Å². The van der Waals surface area contributed by atoms with Crippen molar-refractivity contribution >= 4 is 65.0 Å². The van der Waals surface area contributed by atoms with Crippen LogP contribution in [0.5, 0.6) is 0 Å². The summed E-state index contributed by atoms with van der Waals surface area (Å²) in [6.45, 7) is 31.6. The summed E-state index contributed by atoms with van der Waals surface area (Å²) >= 11 is 0. The van der Waals surface area contributed by atoms with E-state index in [1.807, 2.05) is 62.3 Å². The molecule has 0 spiro atoms. The van der Waals surface area contributed by atoms with Crippen LogP contribution in [-0.2, 0) is 57.5 Å². The van der Waals surface area contributed by atoms with Crippen molar-refractivity contribution in [2.75, 3.05) is 75.6 Å². The van der Waals surface area contributed by atoms with Gasteiger partial charge in [0.05, 0.1) is 19.3 Å². The topological polar surface area (TPSA) is 300 Å². The van der Waals surface area contributed by atoms with Gasteiger partial charge in [0.2, 0.25) is 64.8 Å². The van der Waals surface area contributed by atoms with Crippen LogP contribution in [-0.4, -0.2) is 246 Å². The molecule has 1 saturated heterocycles. The Hall–Kier alpha value is -6.21. The molecule has 1 rings (SSSR count). The first kappa shape index (κ1) is 82.8. The Kier molecular flexibility index (Phi) is 34.7. The van der Waals surface area contributed by atoms with Gasteiger partial charge in [-0.15, -0.1) is 0 Å². The molecule has 12 atom stereocenters. The number of aliphatic hydroxyl groups is 1. The summed E-state index contributed by atoms with van der Waals surface area (Å²) in [6.07, 6.45) is 2.75. The molecule has 1 fully saturated rings. The fraction of sp³-hybridized carbons (Fsp3) is 0.803. The smallest absolute Gasteiger partial charge is 0.276 e. The predicted molar refractivity (Wildman–Crippen MR) is 352 cm³/mol. The third kappa shape index (κ3) is 22.8. The Bertz CT molecular complexity index is 2470. The second kappa shape index (κ2) is 38.1. The Morgan fingerprint density at radius 2 is 1.02 bits per heavy atom. The number of likely N-dealkylation sites (N-methyl/N-ethyl adjacent to an activating group) is 8. The fourth-order valence-corrected chi connectivity index (χ4v) is 11.4. The molecule has 0 aromatic rings. The second-order valence-corrected chi connectivity index (χ2v) is 27.4. The molecule has 6 N–H and O–H groups in total. The number of aliphatic hydroxyl groups excluding tert-OH is 1. The molecule has 0 unspecified atom stereocenters. The van der Waals surface area contributed by atoms with E-state index in [1.165, 1.54) is 82.8 Å². The van der Waals surface area contributed by atoms with Crippen LogP contribution >= 0.6 is 0 Å². The molecule has 1 aliphatic rings. The normalized spacial score (nSPS) is 26.7. The van der Waals surface area contributed by atoms with Gasteiger partial charge in [0.15, 0.2) is 0 Å². The van der Waals surface area contributed by atoms with E-state index < -0.39 is 155 Å². The first-order valence-corrected chi connectivity index (χ1v) is 32.9. The lowest BCUT2D eigenvalue weighted by Crippen LogP contribution is -2.70. The zero-order valence-corrected chi connectivity index (χ0v) is 60.0. The largest absolute Gasteiger partial charge is 0.390 e. The molecule has 25 heteroatoms. The zero-order valence-electron chi connectivity index (χ0n) is 60.0. The number of allylic oxidation sites excluding steroid dienone is 2. The van der Waals surface area contributed by atoms with Crippen molar-refractivity contribution < 1.29 is 62.6 Å². The number of hydrogen-bond donors (Lipinski definition) is 6. The van der Waals surface area contributed by atoms with E-state index in [9.17, 15) is 38.7 Å². The maximum Gasteiger partial charge on any atom is 0.276 e. The van der Waals surface area contributed by atoms with Crippen LogP contribution in [0.2, 0.25) is 0 Å². The maximum atomic E-state index is 16.0. The lowest BCUT2D eigenvalue weighted by atomic mass is 9.89. The Morgan fingerprint density at radius 1 is 0.560 bits per heavy atom. The molecule has 25 nitrogen and oxygen atoms in total. The average molecular weight is 1290 g/mol. The van der Waals surface area contributed by atoms with Gasteiger partial charge in [-0.2, -0.15) is 0 Å². The quantitative estimate of drug-likeness (QED) is 0.0754. The third-order valence-corrected chi connectivity index (χ3v) is 17.2. The summed E-state index contributed by atoms with van der Waals surface area (Å²) in [5, 5.41) is 26.6. The Morgan fingerprint density at radius 3 is 1.49 bits per heavy atom. The van der Waals surface area contributed by atoms with Crippen LogP contribution in [0.25, 0.3) is 0 Å². The van der Waals surface area contributed by atoms with Crippen molar-refractivity contribution in [3.8, 4) is 0 Å². The van der Waals surface area contributed by atoms with Gasteiger partial charge in [0.1, 0.15) is 54.4 Å². The Labute approximate surface area is 545 Å². The summed E-state index contributed by atoms with van der Waals surface area (Å²) in [5.74, 6) is -10.7. The van der Waals surface area contributed by atoms with Gasteiger partial charge in [-0.1, -0.05) is 116 Å².